The molecule has 156 valence electrons. The summed E-state index contributed by atoms with van der Waals surface area (Å²) >= 11 is 0. The first-order chi connectivity index (χ1) is 14.5. The average Bonchev–Trinajstić information content (AvgIpc) is 3.38. The molecule has 6 nitrogen and oxygen atoms in total. The van der Waals surface area contributed by atoms with Crippen LogP contribution in [0.15, 0.2) is 48.5 Å². The Hall–Kier alpha value is -3.15. The molecule has 6 heteroatoms. The molecule has 2 fully saturated rings. The average molecular weight is 405 g/mol. The van der Waals surface area contributed by atoms with Gasteiger partial charge < -0.3 is 15.5 Å². The van der Waals surface area contributed by atoms with Crippen molar-refractivity contribution < 1.29 is 14.4 Å². The Morgan fingerprint density at radius 3 is 2.47 bits per heavy atom. The van der Waals surface area contributed by atoms with Crippen molar-refractivity contribution in [2.24, 2.45) is 5.92 Å². The Balaban J connectivity index is 1.45. The normalized spacial score (nSPS) is 19.2. The third-order valence-electron chi connectivity index (χ3n) is 6.02. The van der Waals surface area contributed by atoms with E-state index in [0.717, 1.165) is 36.9 Å². The van der Waals surface area contributed by atoms with Gasteiger partial charge in [-0.25, -0.2) is 0 Å². The van der Waals surface area contributed by atoms with E-state index in [-0.39, 0.29) is 30.2 Å². The van der Waals surface area contributed by atoms with Gasteiger partial charge in [0.15, 0.2) is 0 Å². The Morgan fingerprint density at radius 2 is 1.70 bits per heavy atom. The number of aryl methyl sites for hydroxylation is 1. The van der Waals surface area contributed by atoms with Crippen LogP contribution in [0, 0.1) is 12.8 Å². The molecule has 1 saturated carbocycles. The molecule has 4 rings (SSSR count). The molecule has 2 aromatic rings. The van der Waals surface area contributed by atoms with E-state index in [9.17, 15) is 14.4 Å². The van der Waals surface area contributed by atoms with E-state index in [1.54, 1.807) is 29.2 Å². The zero-order valence-electron chi connectivity index (χ0n) is 17.2. The molecular formula is C24H27N3O3. The summed E-state index contributed by atoms with van der Waals surface area (Å²) in [6.45, 7) is 2.29. The van der Waals surface area contributed by atoms with E-state index in [1.807, 2.05) is 31.2 Å². The first kappa shape index (κ1) is 20.1. The van der Waals surface area contributed by atoms with Gasteiger partial charge in [-0.15, -0.1) is 0 Å². The first-order valence-corrected chi connectivity index (χ1v) is 10.6. The molecule has 2 aliphatic rings. The number of nitrogens with zero attached hydrogens (tertiary/aromatic N) is 1. The minimum absolute atomic E-state index is 0.0586. The van der Waals surface area contributed by atoms with Crippen LogP contribution < -0.4 is 15.5 Å². The lowest BCUT2D eigenvalue weighted by molar-refractivity contribution is -0.122. The molecule has 0 bridgehead atoms. The second-order valence-corrected chi connectivity index (χ2v) is 8.18. The molecule has 0 unspecified atom stereocenters. The second kappa shape index (κ2) is 8.69. The van der Waals surface area contributed by atoms with E-state index in [4.69, 9.17) is 0 Å². The van der Waals surface area contributed by atoms with Crippen LogP contribution in [0.1, 0.15) is 48.0 Å². The van der Waals surface area contributed by atoms with Gasteiger partial charge in [0.2, 0.25) is 11.8 Å². The van der Waals surface area contributed by atoms with Gasteiger partial charge in [-0.05, 0) is 43.5 Å². The van der Waals surface area contributed by atoms with E-state index in [1.165, 1.54) is 0 Å². The third-order valence-corrected chi connectivity index (χ3v) is 6.02. The summed E-state index contributed by atoms with van der Waals surface area (Å²) in [5, 5.41) is 5.95. The van der Waals surface area contributed by atoms with Crippen LogP contribution >= 0.6 is 0 Å². The topological polar surface area (TPSA) is 78.5 Å². The highest BCUT2D eigenvalue weighted by molar-refractivity contribution is 6.07. The van der Waals surface area contributed by atoms with Gasteiger partial charge >= 0.3 is 0 Å². The van der Waals surface area contributed by atoms with Crippen LogP contribution in [0.3, 0.4) is 0 Å². The van der Waals surface area contributed by atoms with E-state index >= 15 is 0 Å². The van der Waals surface area contributed by atoms with Crippen LogP contribution in [-0.4, -0.2) is 30.3 Å². The fourth-order valence-corrected chi connectivity index (χ4v) is 4.34. The van der Waals surface area contributed by atoms with Crippen molar-refractivity contribution in [3.05, 3.63) is 59.7 Å². The molecule has 1 saturated heterocycles. The van der Waals surface area contributed by atoms with Crippen LogP contribution in [0.25, 0.3) is 0 Å². The summed E-state index contributed by atoms with van der Waals surface area (Å²) in [5.41, 5.74) is 2.78. The molecule has 0 spiro atoms. The van der Waals surface area contributed by atoms with Gasteiger partial charge in [-0.2, -0.15) is 0 Å². The van der Waals surface area contributed by atoms with Gasteiger partial charge in [0.1, 0.15) is 0 Å². The number of amides is 3. The maximum atomic E-state index is 12.9. The van der Waals surface area contributed by atoms with Gasteiger partial charge in [0.05, 0.1) is 17.2 Å². The highest BCUT2D eigenvalue weighted by Crippen LogP contribution is 2.29. The maximum Gasteiger partial charge on any atom is 0.253 e. The molecule has 2 aromatic carbocycles. The highest BCUT2D eigenvalue weighted by Gasteiger charge is 2.36. The largest absolute Gasteiger partial charge is 0.349 e. The number of nitrogens with one attached hydrogen (secondary N) is 2. The molecular weight excluding hydrogens is 378 g/mol. The lowest BCUT2D eigenvalue weighted by atomic mass is 10.1. The summed E-state index contributed by atoms with van der Waals surface area (Å²) in [5.74, 6) is -0.915. The first-order valence-electron chi connectivity index (χ1n) is 10.6. The molecule has 0 radical (unpaired) electrons. The third kappa shape index (κ3) is 4.22. The summed E-state index contributed by atoms with van der Waals surface area (Å²) in [6, 6.07) is 14.9. The molecule has 1 aliphatic carbocycles. The van der Waals surface area contributed by atoms with E-state index in [2.05, 4.69) is 10.6 Å². The van der Waals surface area contributed by atoms with Crippen LogP contribution in [0.5, 0.6) is 0 Å². The number of benzene rings is 2. The van der Waals surface area contributed by atoms with Crippen molar-refractivity contribution in [3.63, 3.8) is 0 Å². The lowest BCUT2D eigenvalue weighted by Crippen LogP contribution is -2.34. The van der Waals surface area contributed by atoms with E-state index < -0.39 is 5.92 Å². The fraction of sp³-hybridized carbons (Fsp3) is 0.375. The van der Waals surface area contributed by atoms with Crippen LogP contribution in [0.4, 0.5) is 11.4 Å². The number of hydrogen-bond acceptors (Lipinski definition) is 3. The smallest absolute Gasteiger partial charge is 0.253 e. The Kier molecular flexibility index (Phi) is 5.84. The van der Waals surface area contributed by atoms with Gasteiger partial charge in [-0.1, -0.05) is 43.2 Å². The van der Waals surface area contributed by atoms with Gasteiger partial charge in [-0.3, -0.25) is 14.4 Å². The fourth-order valence-electron chi connectivity index (χ4n) is 4.34. The molecule has 2 N–H and O–H groups in total. The minimum Gasteiger partial charge on any atom is -0.349 e. The SMILES string of the molecule is Cc1ccccc1N1C[C@@H](C(=O)Nc2ccccc2C(=O)NC2CCCC2)CC1=O. The molecule has 0 aromatic heterocycles. The predicted molar refractivity (Wildman–Crippen MR) is 116 cm³/mol. The minimum atomic E-state index is -0.456. The lowest BCUT2D eigenvalue weighted by Gasteiger charge is -2.19. The van der Waals surface area contributed by atoms with Crippen molar-refractivity contribution in [3.8, 4) is 0 Å². The molecule has 1 aliphatic heterocycles. The standard InChI is InChI=1S/C24H27N3O3/c1-16-8-2-7-13-21(16)27-15-17(14-22(27)28)23(29)26-20-12-6-5-11-19(20)24(30)25-18-9-3-4-10-18/h2,5-8,11-13,17-18H,3-4,9-10,14-15H2,1H3,(H,25,30)(H,26,29)/t17-/m0/s1. The summed E-state index contributed by atoms with van der Waals surface area (Å²) in [4.78, 5) is 39.9. The molecule has 1 heterocycles. The molecule has 3 amide bonds. The summed E-state index contributed by atoms with van der Waals surface area (Å²) in [7, 11) is 0. The number of rotatable bonds is 5. The zero-order valence-corrected chi connectivity index (χ0v) is 17.2. The van der Waals surface area contributed by atoms with Crippen molar-refractivity contribution >= 4 is 29.1 Å². The van der Waals surface area contributed by atoms with Crippen molar-refractivity contribution in [2.75, 3.05) is 16.8 Å². The van der Waals surface area contributed by atoms with Crippen molar-refractivity contribution in [1.29, 1.82) is 0 Å². The summed E-state index contributed by atoms with van der Waals surface area (Å²) in [6.07, 6.45) is 4.43. The van der Waals surface area contributed by atoms with E-state index in [0.29, 0.717) is 17.8 Å². The van der Waals surface area contributed by atoms with Crippen LogP contribution in [-0.2, 0) is 9.59 Å². The van der Waals surface area contributed by atoms with Gasteiger partial charge in [0.25, 0.3) is 5.91 Å². The van der Waals surface area contributed by atoms with Crippen molar-refractivity contribution in [1.82, 2.24) is 5.32 Å². The number of carbonyl (C=O) groups is 3. The Bertz CT molecular complexity index is 966. The van der Waals surface area contributed by atoms with Crippen molar-refractivity contribution in [2.45, 2.75) is 45.1 Å². The van der Waals surface area contributed by atoms with Gasteiger partial charge in [0, 0.05) is 24.7 Å². The maximum absolute atomic E-state index is 12.9. The predicted octanol–water partition coefficient (Wildman–Crippen LogP) is 3.66. The number of carbonyl (C=O) groups excluding carboxylic acids is 3. The quantitative estimate of drug-likeness (QED) is 0.797. The Labute approximate surface area is 176 Å². The molecule has 30 heavy (non-hydrogen) atoms. The second-order valence-electron chi connectivity index (χ2n) is 8.18. The number of hydrogen-bond donors (Lipinski definition) is 2. The number of anilines is 2. The number of para-hydroxylation sites is 2. The van der Waals surface area contributed by atoms with Crippen LogP contribution in [0.2, 0.25) is 0 Å². The molecule has 1 atom stereocenters. The highest BCUT2D eigenvalue weighted by atomic mass is 16.2. The monoisotopic (exact) mass is 405 g/mol. The zero-order chi connectivity index (χ0) is 21.1. The summed E-state index contributed by atoms with van der Waals surface area (Å²) < 4.78 is 0. The Morgan fingerprint density at radius 1 is 1.00 bits per heavy atom.